The van der Waals surface area contributed by atoms with E-state index in [1.54, 1.807) is 19.1 Å². The minimum absolute atomic E-state index is 0.0140. The van der Waals surface area contributed by atoms with Gasteiger partial charge in [-0.25, -0.2) is 0 Å². The molecule has 0 radical (unpaired) electrons. The number of benzene rings is 1. The Balaban J connectivity index is 3.00. The molecule has 0 N–H and O–H groups in total. The summed E-state index contributed by atoms with van der Waals surface area (Å²) >= 11 is 0. The van der Waals surface area contributed by atoms with Gasteiger partial charge in [-0.1, -0.05) is 26.0 Å². The summed E-state index contributed by atoms with van der Waals surface area (Å²) in [5.41, 5.74) is 0.804. The third-order valence-electron chi connectivity index (χ3n) is 2.27. The predicted octanol–water partition coefficient (Wildman–Crippen LogP) is 2.31. The van der Waals surface area contributed by atoms with Crippen molar-refractivity contribution in [2.75, 3.05) is 19.1 Å². The lowest BCUT2D eigenvalue weighted by atomic mass is 10.1. The molecule has 0 spiro atoms. The van der Waals surface area contributed by atoms with Crippen LogP contribution in [0.15, 0.2) is 24.3 Å². The van der Waals surface area contributed by atoms with Gasteiger partial charge in [0.15, 0.2) is 0 Å². The van der Waals surface area contributed by atoms with E-state index >= 15 is 0 Å². The Morgan fingerprint density at radius 1 is 1.33 bits per heavy atom. The smallest absolute Gasteiger partial charge is 0.229 e. The van der Waals surface area contributed by atoms with Gasteiger partial charge in [-0.3, -0.25) is 4.79 Å². The monoisotopic (exact) mass is 207 g/mol. The SMILES string of the molecule is COc1ccccc1N(C)C(=O)C(C)C. The highest BCUT2D eigenvalue weighted by Crippen LogP contribution is 2.27. The third-order valence-corrected chi connectivity index (χ3v) is 2.27. The molecule has 15 heavy (non-hydrogen) atoms. The van der Waals surface area contributed by atoms with Crippen LogP contribution in [0.5, 0.6) is 5.75 Å². The van der Waals surface area contributed by atoms with Gasteiger partial charge in [0.05, 0.1) is 12.8 Å². The quantitative estimate of drug-likeness (QED) is 0.761. The molecule has 1 amide bonds. The first-order valence-electron chi connectivity index (χ1n) is 4.98. The predicted molar refractivity (Wildman–Crippen MR) is 61.2 cm³/mol. The van der Waals surface area contributed by atoms with Gasteiger partial charge >= 0.3 is 0 Å². The van der Waals surface area contributed by atoms with Crippen LogP contribution in [0.3, 0.4) is 0 Å². The molecular weight excluding hydrogens is 190 g/mol. The summed E-state index contributed by atoms with van der Waals surface area (Å²) < 4.78 is 5.20. The average molecular weight is 207 g/mol. The van der Waals surface area contributed by atoms with Crippen LogP contribution in [-0.4, -0.2) is 20.1 Å². The maximum absolute atomic E-state index is 11.8. The molecule has 1 aromatic rings. The van der Waals surface area contributed by atoms with E-state index in [-0.39, 0.29) is 11.8 Å². The molecule has 0 aromatic heterocycles. The molecule has 0 saturated heterocycles. The standard InChI is InChI=1S/C12H17NO2/c1-9(2)12(14)13(3)10-7-5-6-8-11(10)15-4/h5-9H,1-4H3. The van der Waals surface area contributed by atoms with Crippen LogP contribution in [0.25, 0.3) is 0 Å². The van der Waals surface area contributed by atoms with Gasteiger partial charge in [0, 0.05) is 13.0 Å². The number of ether oxygens (including phenoxy) is 1. The molecule has 0 aliphatic rings. The highest BCUT2D eigenvalue weighted by atomic mass is 16.5. The average Bonchev–Trinajstić information content (AvgIpc) is 2.26. The fraction of sp³-hybridized carbons (Fsp3) is 0.417. The van der Waals surface area contributed by atoms with Crippen molar-refractivity contribution in [1.29, 1.82) is 0 Å². The molecule has 82 valence electrons. The highest BCUT2D eigenvalue weighted by Gasteiger charge is 2.17. The summed E-state index contributed by atoms with van der Waals surface area (Å²) in [7, 11) is 3.37. The maximum Gasteiger partial charge on any atom is 0.229 e. The van der Waals surface area contributed by atoms with E-state index in [1.807, 2.05) is 38.1 Å². The van der Waals surface area contributed by atoms with E-state index in [0.29, 0.717) is 5.75 Å². The number of hydrogen-bond acceptors (Lipinski definition) is 2. The van der Waals surface area contributed by atoms with E-state index in [4.69, 9.17) is 4.74 Å². The molecule has 1 rings (SSSR count). The Morgan fingerprint density at radius 2 is 1.93 bits per heavy atom. The molecule has 3 nitrogen and oxygen atoms in total. The second kappa shape index (κ2) is 4.82. The van der Waals surface area contributed by atoms with E-state index in [0.717, 1.165) is 5.69 Å². The Hall–Kier alpha value is -1.51. The van der Waals surface area contributed by atoms with Gasteiger partial charge in [-0.05, 0) is 12.1 Å². The zero-order valence-corrected chi connectivity index (χ0v) is 9.65. The molecule has 0 saturated carbocycles. The van der Waals surface area contributed by atoms with E-state index in [9.17, 15) is 4.79 Å². The Kier molecular flexibility index (Phi) is 3.72. The van der Waals surface area contributed by atoms with Crippen LogP contribution in [0, 0.1) is 5.92 Å². The second-order valence-corrected chi connectivity index (χ2v) is 3.72. The number of hydrogen-bond donors (Lipinski definition) is 0. The molecule has 0 fully saturated rings. The number of anilines is 1. The summed E-state index contributed by atoms with van der Waals surface area (Å²) in [6.45, 7) is 3.77. The van der Waals surface area contributed by atoms with Crippen LogP contribution in [0.4, 0.5) is 5.69 Å². The fourth-order valence-electron chi connectivity index (χ4n) is 1.41. The van der Waals surface area contributed by atoms with Crippen molar-refractivity contribution in [3.8, 4) is 5.75 Å². The first-order chi connectivity index (χ1) is 7.07. The molecular formula is C12H17NO2. The zero-order chi connectivity index (χ0) is 11.4. The molecule has 0 bridgehead atoms. The Morgan fingerprint density at radius 3 is 2.47 bits per heavy atom. The number of nitrogens with zero attached hydrogens (tertiary/aromatic N) is 1. The highest BCUT2D eigenvalue weighted by molar-refractivity contribution is 5.95. The Bertz CT molecular complexity index is 347. The second-order valence-electron chi connectivity index (χ2n) is 3.72. The number of methoxy groups -OCH3 is 1. The lowest BCUT2D eigenvalue weighted by Crippen LogP contribution is -2.30. The van der Waals surface area contributed by atoms with Crippen molar-refractivity contribution in [1.82, 2.24) is 0 Å². The maximum atomic E-state index is 11.8. The van der Waals surface area contributed by atoms with Crippen molar-refractivity contribution in [3.63, 3.8) is 0 Å². The third kappa shape index (κ3) is 2.49. The molecule has 0 aliphatic heterocycles. The first-order valence-corrected chi connectivity index (χ1v) is 4.98. The van der Waals surface area contributed by atoms with Gasteiger partial charge in [0.1, 0.15) is 5.75 Å². The van der Waals surface area contributed by atoms with Crippen LogP contribution in [-0.2, 0) is 4.79 Å². The first kappa shape index (κ1) is 11.6. The van der Waals surface area contributed by atoms with Gasteiger partial charge < -0.3 is 9.64 Å². The molecule has 0 aliphatic carbocycles. The van der Waals surface area contributed by atoms with Crippen LogP contribution >= 0.6 is 0 Å². The summed E-state index contributed by atoms with van der Waals surface area (Å²) in [5, 5.41) is 0. The van der Waals surface area contributed by atoms with E-state index in [2.05, 4.69) is 0 Å². The summed E-state index contributed by atoms with van der Waals surface area (Å²) in [4.78, 5) is 13.4. The normalized spacial score (nSPS) is 10.2. The largest absolute Gasteiger partial charge is 0.495 e. The Labute approximate surface area is 90.7 Å². The minimum atomic E-state index is -0.0140. The van der Waals surface area contributed by atoms with Crippen LogP contribution in [0.2, 0.25) is 0 Å². The number of para-hydroxylation sites is 2. The van der Waals surface area contributed by atoms with Gasteiger partial charge in [0.2, 0.25) is 5.91 Å². The zero-order valence-electron chi connectivity index (χ0n) is 9.65. The number of rotatable bonds is 3. The summed E-state index contributed by atoms with van der Waals surface area (Å²) in [6.07, 6.45) is 0. The lowest BCUT2D eigenvalue weighted by Gasteiger charge is -2.21. The fourth-order valence-corrected chi connectivity index (χ4v) is 1.41. The van der Waals surface area contributed by atoms with Gasteiger partial charge in [-0.2, -0.15) is 0 Å². The van der Waals surface area contributed by atoms with E-state index < -0.39 is 0 Å². The van der Waals surface area contributed by atoms with E-state index in [1.165, 1.54) is 0 Å². The number of amides is 1. The lowest BCUT2D eigenvalue weighted by molar-refractivity contribution is -0.121. The van der Waals surface area contributed by atoms with Crippen molar-refractivity contribution in [2.24, 2.45) is 5.92 Å². The van der Waals surface area contributed by atoms with Crippen LogP contribution in [0.1, 0.15) is 13.8 Å². The minimum Gasteiger partial charge on any atom is -0.495 e. The topological polar surface area (TPSA) is 29.5 Å². The van der Waals surface area contributed by atoms with Gasteiger partial charge in [0.25, 0.3) is 0 Å². The number of carbonyl (C=O) groups excluding carboxylic acids is 1. The molecule has 3 heteroatoms. The molecule has 0 unspecified atom stereocenters. The van der Waals surface area contributed by atoms with Crippen molar-refractivity contribution < 1.29 is 9.53 Å². The molecule has 0 heterocycles. The molecule has 1 aromatic carbocycles. The van der Waals surface area contributed by atoms with Crippen molar-refractivity contribution in [2.45, 2.75) is 13.8 Å². The van der Waals surface area contributed by atoms with Gasteiger partial charge in [-0.15, -0.1) is 0 Å². The number of carbonyl (C=O) groups is 1. The van der Waals surface area contributed by atoms with Crippen LogP contribution < -0.4 is 9.64 Å². The molecule has 0 atom stereocenters. The van der Waals surface area contributed by atoms with Crippen molar-refractivity contribution in [3.05, 3.63) is 24.3 Å². The summed E-state index contributed by atoms with van der Waals surface area (Å²) in [6, 6.07) is 7.50. The summed E-state index contributed by atoms with van der Waals surface area (Å²) in [5.74, 6) is 0.786. The van der Waals surface area contributed by atoms with Crippen molar-refractivity contribution >= 4 is 11.6 Å².